The number of nitrogens with zero attached hydrogens (tertiary/aromatic N) is 1. The molecular formula is C19H27NO6S. The summed E-state index contributed by atoms with van der Waals surface area (Å²) in [4.78, 5) is 14.6. The van der Waals surface area contributed by atoms with E-state index in [0.717, 1.165) is 19.4 Å². The number of sulfone groups is 1. The van der Waals surface area contributed by atoms with Gasteiger partial charge in [0.2, 0.25) is 5.91 Å². The lowest BCUT2D eigenvalue weighted by molar-refractivity contribution is -0.139. The van der Waals surface area contributed by atoms with Gasteiger partial charge in [-0.2, -0.15) is 0 Å². The highest BCUT2D eigenvalue weighted by molar-refractivity contribution is 7.90. The molecule has 2 aliphatic heterocycles. The molecular weight excluding hydrogens is 370 g/mol. The highest BCUT2D eigenvalue weighted by atomic mass is 32.2. The predicted octanol–water partition coefficient (Wildman–Crippen LogP) is 1.86. The molecule has 7 nitrogen and oxygen atoms in total. The summed E-state index contributed by atoms with van der Waals surface area (Å²) in [5, 5.41) is 0. The zero-order valence-corrected chi connectivity index (χ0v) is 16.4. The van der Waals surface area contributed by atoms with E-state index in [4.69, 9.17) is 14.2 Å². The van der Waals surface area contributed by atoms with Crippen LogP contribution in [0, 0.1) is 5.92 Å². The number of carbonyl (C=O) groups is 1. The number of rotatable bonds is 7. The van der Waals surface area contributed by atoms with Crippen LogP contribution in [0.5, 0.6) is 5.75 Å². The molecule has 0 spiro atoms. The maximum atomic E-state index is 12.4. The second-order valence-electron chi connectivity index (χ2n) is 7.05. The van der Waals surface area contributed by atoms with E-state index >= 15 is 0 Å². The van der Waals surface area contributed by atoms with Crippen molar-refractivity contribution in [2.45, 2.75) is 36.9 Å². The summed E-state index contributed by atoms with van der Waals surface area (Å²) in [5.74, 6) is 0.993. The minimum atomic E-state index is -3.20. The van der Waals surface area contributed by atoms with Crippen LogP contribution in [-0.2, 0) is 24.1 Å². The summed E-state index contributed by atoms with van der Waals surface area (Å²) in [6, 6.07) is 6.32. The molecule has 0 N–H and O–H groups in total. The Morgan fingerprint density at radius 3 is 2.59 bits per heavy atom. The molecule has 1 aromatic rings. The first-order valence-corrected chi connectivity index (χ1v) is 11.3. The second kappa shape index (κ2) is 9.03. The minimum Gasteiger partial charge on any atom is -0.494 e. The van der Waals surface area contributed by atoms with Gasteiger partial charge in [0.05, 0.1) is 24.7 Å². The van der Waals surface area contributed by atoms with E-state index in [1.807, 2.05) is 4.90 Å². The van der Waals surface area contributed by atoms with Gasteiger partial charge in [-0.3, -0.25) is 4.79 Å². The first-order chi connectivity index (χ1) is 12.9. The van der Waals surface area contributed by atoms with Crippen LogP contribution >= 0.6 is 0 Å². The van der Waals surface area contributed by atoms with Crippen molar-refractivity contribution in [2.75, 3.05) is 39.2 Å². The smallest absolute Gasteiger partial charge is 0.222 e. The van der Waals surface area contributed by atoms with Crippen molar-refractivity contribution in [3.05, 3.63) is 24.3 Å². The Labute approximate surface area is 160 Å². The van der Waals surface area contributed by atoms with Gasteiger partial charge < -0.3 is 19.1 Å². The molecule has 2 fully saturated rings. The van der Waals surface area contributed by atoms with Crippen molar-refractivity contribution in [1.29, 1.82) is 0 Å². The number of hydrogen-bond acceptors (Lipinski definition) is 6. The fourth-order valence-electron chi connectivity index (χ4n) is 3.46. The van der Waals surface area contributed by atoms with E-state index in [1.54, 1.807) is 12.1 Å². The van der Waals surface area contributed by atoms with Crippen molar-refractivity contribution >= 4 is 15.7 Å². The average Bonchev–Trinajstić information content (AvgIpc) is 3.20. The largest absolute Gasteiger partial charge is 0.494 e. The van der Waals surface area contributed by atoms with Gasteiger partial charge in [0, 0.05) is 31.7 Å². The van der Waals surface area contributed by atoms with Gasteiger partial charge >= 0.3 is 0 Å². The quantitative estimate of drug-likeness (QED) is 0.653. The number of piperidine rings is 1. The molecule has 0 bridgehead atoms. The number of amides is 1. The summed E-state index contributed by atoms with van der Waals surface area (Å²) in [7, 11) is -3.20. The van der Waals surface area contributed by atoms with Crippen LogP contribution in [0.25, 0.3) is 0 Å². The summed E-state index contributed by atoms with van der Waals surface area (Å²) in [6.07, 6.45) is 4.05. The van der Waals surface area contributed by atoms with E-state index in [-0.39, 0.29) is 23.0 Å². The zero-order chi connectivity index (χ0) is 19.3. The molecule has 2 aliphatic rings. The van der Waals surface area contributed by atoms with Crippen molar-refractivity contribution in [1.82, 2.24) is 4.90 Å². The molecule has 150 valence electrons. The highest BCUT2D eigenvalue weighted by Gasteiger charge is 2.32. The second-order valence-corrected chi connectivity index (χ2v) is 9.06. The molecule has 2 saturated heterocycles. The zero-order valence-electron chi connectivity index (χ0n) is 15.6. The number of ether oxygens (including phenoxy) is 3. The minimum absolute atomic E-state index is 0.133. The monoisotopic (exact) mass is 397 g/mol. The first kappa shape index (κ1) is 20.1. The number of likely N-dealkylation sites (tertiary alicyclic amines) is 1. The van der Waals surface area contributed by atoms with Crippen LogP contribution in [0.4, 0.5) is 0 Å². The van der Waals surface area contributed by atoms with Crippen LogP contribution in [0.15, 0.2) is 29.2 Å². The van der Waals surface area contributed by atoms with Crippen molar-refractivity contribution < 1.29 is 27.4 Å². The molecule has 0 saturated carbocycles. The van der Waals surface area contributed by atoms with Crippen LogP contribution < -0.4 is 4.74 Å². The van der Waals surface area contributed by atoms with Gasteiger partial charge in [-0.25, -0.2) is 8.42 Å². The normalized spacial score (nSPS) is 21.4. The fourth-order valence-corrected chi connectivity index (χ4v) is 4.09. The lowest BCUT2D eigenvalue weighted by Gasteiger charge is -2.34. The Hall–Kier alpha value is -1.64. The first-order valence-electron chi connectivity index (χ1n) is 9.37. The Morgan fingerprint density at radius 1 is 1.22 bits per heavy atom. The maximum Gasteiger partial charge on any atom is 0.222 e. The van der Waals surface area contributed by atoms with E-state index in [1.165, 1.54) is 18.4 Å². The highest BCUT2D eigenvalue weighted by Crippen LogP contribution is 2.25. The molecule has 1 atom stereocenters. The number of benzene rings is 1. The molecule has 1 unspecified atom stereocenters. The van der Waals surface area contributed by atoms with Crippen LogP contribution in [0.1, 0.15) is 25.7 Å². The Balaban J connectivity index is 1.39. The van der Waals surface area contributed by atoms with Crippen molar-refractivity contribution in [2.24, 2.45) is 5.92 Å². The molecule has 0 aliphatic carbocycles. The summed E-state index contributed by atoms with van der Waals surface area (Å²) >= 11 is 0. The fraction of sp³-hybridized carbons (Fsp3) is 0.632. The number of carbonyl (C=O) groups excluding carboxylic acids is 1. The van der Waals surface area contributed by atoms with E-state index < -0.39 is 9.84 Å². The van der Waals surface area contributed by atoms with Gasteiger partial charge in [-0.15, -0.1) is 0 Å². The van der Waals surface area contributed by atoms with Crippen molar-refractivity contribution in [3.8, 4) is 5.75 Å². The molecule has 0 radical (unpaired) electrons. The van der Waals surface area contributed by atoms with Crippen LogP contribution in [0.3, 0.4) is 0 Å². The lowest BCUT2D eigenvalue weighted by Crippen LogP contribution is -2.43. The molecule has 1 aromatic carbocycles. The molecule has 8 heteroatoms. The SMILES string of the molecule is CS(=O)(=O)c1ccc(OCCCC(=O)N2CCCC(C3OCCO3)C2)cc1. The standard InChI is InChI=1S/C19H27NO6S/c1-27(22,23)17-8-6-16(7-9-17)24-11-3-5-18(21)20-10-2-4-15(14-20)19-25-12-13-26-19/h6-9,15,19H,2-5,10-14H2,1H3. The summed E-state index contributed by atoms with van der Waals surface area (Å²) in [5.41, 5.74) is 0. The van der Waals surface area contributed by atoms with E-state index in [9.17, 15) is 13.2 Å². The predicted molar refractivity (Wildman–Crippen MR) is 99.3 cm³/mol. The van der Waals surface area contributed by atoms with Gasteiger partial charge in [0.15, 0.2) is 16.1 Å². The van der Waals surface area contributed by atoms with Gasteiger partial charge in [-0.1, -0.05) is 0 Å². The topological polar surface area (TPSA) is 82.1 Å². The Morgan fingerprint density at radius 2 is 1.93 bits per heavy atom. The molecule has 3 rings (SSSR count). The van der Waals surface area contributed by atoms with Gasteiger partial charge in [-0.05, 0) is 43.5 Å². The molecule has 2 heterocycles. The Kier molecular flexibility index (Phi) is 6.73. The molecule has 27 heavy (non-hydrogen) atoms. The van der Waals surface area contributed by atoms with Crippen LogP contribution in [0.2, 0.25) is 0 Å². The van der Waals surface area contributed by atoms with E-state index in [2.05, 4.69) is 0 Å². The van der Waals surface area contributed by atoms with Crippen LogP contribution in [-0.4, -0.2) is 64.7 Å². The third-order valence-electron chi connectivity index (χ3n) is 4.90. The third kappa shape index (κ3) is 5.67. The Bertz CT molecular complexity index is 727. The van der Waals surface area contributed by atoms with Gasteiger partial charge in [0.25, 0.3) is 0 Å². The number of hydrogen-bond donors (Lipinski definition) is 0. The lowest BCUT2D eigenvalue weighted by atomic mass is 9.97. The summed E-state index contributed by atoms with van der Waals surface area (Å²) < 4.78 is 39.6. The maximum absolute atomic E-state index is 12.4. The van der Waals surface area contributed by atoms with E-state index in [0.29, 0.717) is 45.0 Å². The molecule has 0 aromatic heterocycles. The average molecular weight is 397 g/mol. The van der Waals surface area contributed by atoms with Crippen molar-refractivity contribution in [3.63, 3.8) is 0 Å². The third-order valence-corrected chi connectivity index (χ3v) is 6.03. The molecule has 1 amide bonds. The van der Waals surface area contributed by atoms with Gasteiger partial charge in [0.1, 0.15) is 5.75 Å². The summed E-state index contributed by atoms with van der Waals surface area (Å²) in [6.45, 7) is 3.17.